The number of piperidine rings is 3. The van der Waals surface area contributed by atoms with E-state index in [0.717, 1.165) is 50.0 Å². The summed E-state index contributed by atoms with van der Waals surface area (Å²) in [4.78, 5) is 17.4. The highest BCUT2D eigenvalue weighted by Crippen LogP contribution is 2.37. The molecule has 2 bridgehead atoms. The molecule has 3 saturated heterocycles. The van der Waals surface area contributed by atoms with Crippen LogP contribution in [0.1, 0.15) is 35.6 Å². The first-order valence-electron chi connectivity index (χ1n) is 10.2. The van der Waals surface area contributed by atoms with Crippen molar-refractivity contribution in [1.82, 2.24) is 9.80 Å². The Kier molecular flexibility index (Phi) is 4.55. The molecule has 5 heteroatoms. The summed E-state index contributed by atoms with van der Waals surface area (Å²) in [6, 6.07) is 14.4. The molecule has 0 saturated carbocycles. The second-order valence-corrected chi connectivity index (χ2v) is 8.16. The molecule has 4 aliphatic rings. The van der Waals surface area contributed by atoms with Crippen LogP contribution in [-0.2, 0) is 11.2 Å². The van der Waals surface area contributed by atoms with Gasteiger partial charge in [-0.2, -0.15) is 0 Å². The van der Waals surface area contributed by atoms with Crippen LogP contribution in [0.2, 0.25) is 0 Å². The highest BCUT2D eigenvalue weighted by molar-refractivity contribution is 5.70. The fourth-order valence-corrected chi connectivity index (χ4v) is 5.04. The largest absolute Gasteiger partial charge is 0.444 e. The van der Waals surface area contributed by atoms with Gasteiger partial charge in [-0.05, 0) is 67.1 Å². The third-order valence-electron chi connectivity index (χ3n) is 6.53. The number of nitrogens with zero attached hydrogens (tertiary/aromatic N) is 2. The quantitative estimate of drug-likeness (QED) is 0.789. The monoisotopic (exact) mass is 380 g/mol. The molecule has 0 aromatic heterocycles. The molecule has 1 amide bonds. The van der Waals surface area contributed by atoms with E-state index < -0.39 is 0 Å². The van der Waals surface area contributed by atoms with Gasteiger partial charge < -0.3 is 4.74 Å². The van der Waals surface area contributed by atoms with Crippen LogP contribution in [0, 0.1) is 11.7 Å². The van der Waals surface area contributed by atoms with Gasteiger partial charge in [0.2, 0.25) is 0 Å². The summed E-state index contributed by atoms with van der Waals surface area (Å²) >= 11 is 0. The number of hydrogen-bond donors (Lipinski definition) is 0. The van der Waals surface area contributed by atoms with Gasteiger partial charge >= 0.3 is 6.09 Å². The van der Waals surface area contributed by atoms with E-state index in [2.05, 4.69) is 11.0 Å². The summed E-state index contributed by atoms with van der Waals surface area (Å²) in [6.07, 6.45) is 2.70. The molecule has 4 heterocycles. The lowest BCUT2D eigenvalue weighted by molar-refractivity contribution is -0.0462. The minimum Gasteiger partial charge on any atom is -0.444 e. The Labute approximate surface area is 164 Å². The van der Waals surface area contributed by atoms with Crippen LogP contribution in [0.15, 0.2) is 48.5 Å². The summed E-state index contributed by atoms with van der Waals surface area (Å²) in [7, 11) is 0. The van der Waals surface area contributed by atoms with Crippen molar-refractivity contribution >= 4 is 6.09 Å². The number of halogens is 1. The molecule has 4 aliphatic heterocycles. The van der Waals surface area contributed by atoms with Crippen LogP contribution in [0.5, 0.6) is 0 Å². The Morgan fingerprint density at radius 3 is 2.61 bits per heavy atom. The van der Waals surface area contributed by atoms with Crippen molar-refractivity contribution in [2.24, 2.45) is 5.92 Å². The lowest BCUT2D eigenvalue weighted by atomic mass is 9.86. The molecule has 6 rings (SSSR count). The smallest absolute Gasteiger partial charge is 0.410 e. The molecule has 0 N–H and O–H groups in total. The van der Waals surface area contributed by atoms with Gasteiger partial charge in [0.25, 0.3) is 0 Å². The van der Waals surface area contributed by atoms with E-state index in [1.807, 2.05) is 24.3 Å². The first-order chi connectivity index (χ1) is 13.7. The molecule has 3 fully saturated rings. The zero-order valence-electron chi connectivity index (χ0n) is 15.9. The van der Waals surface area contributed by atoms with Gasteiger partial charge in [-0.25, -0.2) is 9.18 Å². The molecule has 28 heavy (non-hydrogen) atoms. The second kappa shape index (κ2) is 7.21. The highest BCUT2D eigenvalue weighted by atomic mass is 19.1. The highest BCUT2D eigenvalue weighted by Gasteiger charge is 2.39. The van der Waals surface area contributed by atoms with Crippen LogP contribution < -0.4 is 0 Å². The Bertz CT molecular complexity index is 878. The van der Waals surface area contributed by atoms with Crippen molar-refractivity contribution in [1.29, 1.82) is 0 Å². The molecule has 0 spiro atoms. The average molecular weight is 380 g/mol. The third kappa shape index (κ3) is 3.18. The number of rotatable bonds is 2. The Balaban J connectivity index is 1.44. The molecule has 0 unspecified atom stereocenters. The molecule has 0 aliphatic carbocycles. The third-order valence-corrected chi connectivity index (χ3v) is 6.53. The maximum absolute atomic E-state index is 14.0. The number of amides is 1. The summed E-state index contributed by atoms with van der Waals surface area (Å²) in [5.74, 6) is 0.185. The maximum Gasteiger partial charge on any atom is 0.410 e. The van der Waals surface area contributed by atoms with E-state index in [-0.39, 0.29) is 24.1 Å². The van der Waals surface area contributed by atoms with Crippen molar-refractivity contribution in [3.63, 3.8) is 0 Å². The van der Waals surface area contributed by atoms with Gasteiger partial charge in [0.15, 0.2) is 0 Å². The van der Waals surface area contributed by atoms with Crippen LogP contribution in [0.3, 0.4) is 0 Å². The first kappa shape index (κ1) is 17.7. The lowest BCUT2D eigenvalue weighted by Gasteiger charge is -2.45. The molecular weight excluding hydrogens is 355 g/mol. The zero-order chi connectivity index (χ0) is 19.1. The predicted molar refractivity (Wildman–Crippen MR) is 105 cm³/mol. The van der Waals surface area contributed by atoms with Gasteiger partial charge in [-0.1, -0.05) is 36.4 Å². The second-order valence-electron chi connectivity index (χ2n) is 8.16. The van der Waals surface area contributed by atoms with Gasteiger partial charge in [0.1, 0.15) is 11.9 Å². The van der Waals surface area contributed by atoms with E-state index in [0.29, 0.717) is 12.5 Å². The van der Waals surface area contributed by atoms with E-state index in [4.69, 9.17) is 4.74 Å². The minimum absolute atomic E-state index is 0.0275. The number of ether oxygens (including phenoxy) is 1. The summed E-state index contributed by atoms with van der Waals surface area (Å²) < 4.78 is 20.0. The number of fused-ring (bicyclic) bond motifs is 4. The Morgan fingerprint density at radius 2 is 1.86 bits per heavy atom. The van der Waals surface area contributed by atoms with Crippen LogP contribution in [0.4, 0.5) is 9.18 Å². The van der Waals surface area contributed by atoms with Gasteiger partial charge in [0.05, 0.1) is 6.04 Å². The predicted octanol–water partition coefficient (Wildman–Crippen LogP) is 4.00. The van der Waals surface area contributed by atoms with Gasteiger partial charge in [-0.3, -0.25) is 9.80 Å². The standard InChI is InChI=1S/C23H25FN2O2/c24-19-6-3-5-18(14-19)22-20-7-2-1-4-16(20)10-13-26(22)23(27)28-21-15-25-11-8-17(21)9-12-25/h1-7,14,17,21-22H,8-13,15H2/t21-,22-/m1/s1. The Morgan fingerprint density at radius 1 is 1.04 bits per heavy atom. The number of carbonyl (C=O) groups is 1. The summed E-state index contributed by atoms with van der Waals surface area (Å²) in [5.41, 5.74) is 3.06. The first-order valence-corrected chi connectivity index (χ1v) is 10.2. The van der Waals surface area contributed by atoms with E-state index in [1.54, 1.807) is 11.0 Å². The van der Waals surface area contributed by atoms with E-state index in [1.165, 1.54) is 17.7 Å². The van der Waals surface area contributed by atoms with E-state index in [9.17, 15) is 9.18 Å². The van der Waals surface area contributed by atoms with Crippen molar-refractivity contribution < 1.29 is 13.9 Å². The number of hydrogen-bond acceptors (Lipinski definition) is 3. The SMILES string of the molecule is O=C(O[C@@H]1CN2CCC1CC2)N1CCc2ccccc2[C@H]1c1cccc(F)c1. The van der Waals surface area contributed by atoms with Crippen LogP contribution in [-0.4, -0.2) is 48.2 Å². The Hall–Kier alpha value is -2.40. The van der Waals surface area contributed by atoms with Gasteiger partial charge in [0, 0.05) is 13.1 Å². The molecule has 0 radical (unpaired) electrons. The molecule has 2 aromatic rings. The average Bonchev–Trinajstić information content (AvgIpc) is 2.73. The molecular formula is C23H25FN2O2. The summed E-state index contributed by atoms with van der Waals surface area (Å²) in [6.45, 7) is 3.65. The van der Waals surface area contributed by atoms with Crippen molar-refractivity contribution in [3.8, 4) is 0 Å². The van der Waals surface area contributed by atoms with E-state index >= 15 is 0 Å². The maximum atomic E-state index is 14.0. The van der Waals surface area contributed by atoms with Gasteiger partial charge in [-0.15, -0.1) is 0 Å². The lowest BCUT2D eigenvalue weighted by Crippen LogP contribution is -2.53. The summed E-state index contributed by atoms with van der Waals surface area (Å²) in [5, 5.41) is 0. The van der Waals surface area contributed by atoms with Crippen molar-refractivity contribution in [2.75, 3.05) is 26.2 Å². The fourth-order valence-electron chi connectivity index (χ4n) is 5.04. The zero-order valence-corrected chi connectivity index (χ0v) is 15.9. The minimum atomic E-state index is -0.311. The molecule has 146 valence electrons. The molecule has 4 nitrogen and oxygen atoms in total. The fraction of sp³-hybridized carbons (Fsp3) is 0.435. The number of carbonyl (C=O) groups excluding carboxylic acids is 1. The normalized spacial score (nSPS) is 28.7. The molecule has 2 aromatic carbocycles. The van der Waals surface area contributed by atoms with Crippen molar-refractivity contribution in [2.45, 2.75) is 31.4 Å². The van der Waals surface area contributed by atoms with Crippen LogP contribution >= 0.6 is 0 Å². The molecule has 2 atom stereocenters. The van der Waals surface area contributed by atoms with Crippen molar-refractivity contribution in [3.05, 3.63) is 71.0 Å². The van der Waals surface area contributed by atoms with Crippen LogP contribution in [0.25, 0.3) is 0 Å². The topological polar surface area (TPSA) is 32.8 Å². The number of benzene rings is 2.